The number of pyridine rings is 1. The molecular formula is C28H26F3N7O2. The van der Waals surface area contributed by atoms with E-state index >= 15 is 0 Å². The Balaban J connectivity index is 1.64. The van der Waals surface area contributed by atoms with Crippen LogP contribution in [0.3, 0.4) is 0 Å². The molecule has 4 heterocycles. The molecule has 1 aliphatic heterocycles. The van der Waals surface area contributed by atoms with Crippen LogP contribution in [0.15, 0.2) is 49.1 Å². The van der Waals surface area contributed by atoms with E-state index < -0.39 is 17.9 Å². The van der Waals surface area contributed by atoms with Gasteiger partial charge in [0.25, 0.3) is 5.91 Å². The number of methoxy groups -OCH3 is 1. The predicted octanol–water partition coefficient (Wildman–Crippen LogP) is 4.87. The van der Waals surface area contributed by atoms with Crippen LogP contribution in [0.2, 0.25) is 0 Å². The summed E-state index contributed by atoms with van der Waals surface area (Å²) >= 11 is 0. The molecule has 1 aromatic carbocycles. The molecule has 206 valence electrons. The van der Waals surface area contributed by atoms with E-state index in [1.807, 2.05) is 13.0 Å². The van der Waals surface area contributed by atoms with Crippen molar-refractivity contribution in [3.63, 3.8) is 0 Å². The number of aryl methyl sites for hydroxylation is 1. The highest BCUT2D eigenvalue weighted by atomic mass is 19.4. The largest absolute Gasteiger partial charge is 0.497 e. The Hall–Kier alpha value is -4.66. The van der Waals surface area contributed by atoms with Crippen LogP contribution >= 0.6 is 0 Å². The van der Waals surface area contributed by atoms with Crippen molar-refractivity contribution in [1.82, 2.24) is 29.2 Å². The Morgan fingerprint density at radius 3 is 2.62 bits per heavy atom. The highest BCUT2D eigenvalue weighted by Crippen LogP contribution is 2.41. The van der Waals surface area contributed by atoms with Crippen LogP contribution in [-0.2, 0) is 25.7 Å². The number of halogens is 3. The Labute approximate surface area is 228 Å². The number of hydrogen-bond acceptors (Lipinski definition) is 6. The van der Waals surface area contributed by atoms with E-state index in [9.17, 15) is 23.2 Å². The minimum Gasteiger partial charge on any atom is -0.497 e. The Morgan fingerprint density at radius 2 is 1.93 bits per heavy atom. The number of fused-ring (bicyclic) bond motifs is 1. The van der Waals surface area contributed by atoms with Crippen molar-refractivity contribution in [2.24, 2.45) is 0 Å². The number of nitrogens with zero attached hydrogens (tertiary/aromatic N) is 7. The molecule has 1 aliphatic rings. The van der Waals surface area contributed by atoms with Crippen molar-refractivity contribution in [3.8, 4) is 22.9 Å². The second-order valence-electron chi connectivity index (χ2n) is 9.45. The van der Waals surface area contributed by atoms with Gasteiger partial charge in [-0.15, -0.1) is 0 Å². The molecule has 3 aromatic heterocycles. The molecule has 0 aliphatic carbocycles. The van der Waals surface area contributed by atoms with Crippen LogP contribution in [0, 0.1) is 11.3 Å². The van der Waals surface area contributed by atoms with Crippen molar-refractivity contribution in [3.05, 3.63) is 83.0 Å². The lowest BCUT2D eigenvalue weighted by Gasteiger charge is -2.34. The number of carbonyl (C=O) groups is 1. The fraction of sp³-hybridized carbons (Fsp3) is 0.321. The van der Waals surface area contributed by atoms with Gasteiger partial charge in [-0.3, -0.25) is 14.5 Å². The number of amides is 1. The summed E-state index contributed by atoms with van der Waals surface area (Å²) in [5.74, 6) is 0.441. The maximum absolute atomic E-state index is 14.1. The van der Waals surface area contributed by atoms with Gasteiger partial charge in [-0.2, -0.15) is 23.5 Å². The number of aromatic nitrogens is 5. The van der Waals surface area contributed by atoms with Crippen LogP contribution in [-0.4, -0.2) is 48.8 Å². The molecule has 0 unspecified atom stereocenters. The van der Waals surface area contributed by atoms with Gasteiger partial charge < -0.3 is 14.2 Å². The van der Waals surface area contributed by atoms with E-state index in [4.69, 9.17) is 4.74 Å². The molecule has 5 rings (SSSR count). The zero-order valence-corrected chi connectivity index (χ0v) is 22.1. The predicted molar refractivity (Wildman–Crippen MR) is 138 cm³/mol. The summed E-state index contributed by atoms with van der Waals surface area (Å²) < 4.78 is 50.4. The molecule has 0 fully saturated rings. The molecule has 1 atom stereocenters. The number of nitriles is 1. The minimum absolute atomic E-state index is 0.0812. The highest BCUT2D eigenvalue weighted by molar-refractivity contribution is 5.99. The molecule has 1 amide bonds. The molecule has 0 bridgehead atoms. The molecule has 40 heavy (non-hydrogen) atoms. The number of hydrogen-bond donors (Lipinski definition) is 0. The van der Waals surface area contributed by atoms with Crippen molar-refractivity contribution in [2.45, 2.75) is 45.6 Å². The van der Waals surface area contributed by atoms with Crippen LogP contribution in [0.4, 0.5) is 13.2 Å². The zero-order valence-electron chi connectivity index (χ0n) is 22.1. The van der Waals surface area contributed by atoms with E-state index in [0.717, 1.165) is 0 Å². The molecule has 0 N–H and O–H groups in total. The van der Waals surface area contributed by atoms with Gasteiger partial charge >= 0.3 is 6.18 Å². The summed E-state index contributed by atoms with van der Waals surface area (Å²) in [4.78, 5) is 24.0. The Bertz CT molecular complexity index is 1620. The van der Waals surface area contributed by atoms with E-state index in [1.54, 1.807) is 60.2 Å². The smallest absolute Gasteiger partial charge is 0.435 e. The number of carbonyl (C=O) groups excluding carboxylic acids is 1. The summed E-state index contributed by atoms with van der Waals surface area (Å²) in [6.07, 6.45) is 1.71. The van der Waals surface area contributed by atoms with Gasteiger partial charge in [0.1, 0.15) is 11.8 Å². The van der Waals surface area contributed by atoms with Crippen LogP contribution < -0.4 is 4.74 Å². The highest BCUT2D eigenvalue weighted by Gasteiger charge is 2.39. The monoisotopic (exact) mass is 549 g/mol. The van der Waals surface area contributed by atoms with Gasteiger partial charge in [0, 0.05) is 61.6 Å². The van der Waals surface area contributed by atoms with Gasteiger partial charge in [0.05, 0.1) is 18.8 Å². The van der Waals surface area contributed by atoms with E-state index in [2.05, 4.69) is 15.1 Å². The first-order valence-electron chi connectivity index (χ1n) is 12.7. The normalized spacial score (nSPS) is 14.1. The Morgan fingerprint density at radius 1 is 1.15 bits per heavy atom. The van der Waals surface area contributed by atoms with Crippen LogP contribution in [0.25, 0.3) is 11.1 Å². The fourth-order valence-electron chi connectivity index (χ4n) is 5.06. The molecule has 0 saturated carbocycles. The Kier molecular flexibility index (Phi) is 7.06. The number of benzene rings is 1. The molecule has 0 saturated heterocycles. The summed E-state index contributed by atoms with van der Waals surface area (Å²) in [7, 11) is 1.54. The van der Waals surface area contributed by atoms with Gasteiger partial charge in [0.2, 0.25) is 5.82 Å². The second-order valence-corrected chi connectivity index (χ2v) is 9.45. The first-order chi connectivity index (χ1) is 19.1. The third-order valence-electron chi connectivity index (χ3n) is 7.10. The summed E-state index contributed by atoms with van der Waals surface area (Å²) in [5, 5.41) is 13.2. The lowest BCUT2D eigenvalue weighted by molar-refractivity contribution is -0.141. The first kappa shape index (κ1) is 26.9. The van der Waals surface area contributed by atoms with Gasteiger partial charge in [-0.05, 0) is 55.2 Å². The zero-order chi connectivity index (χ0) is 28.6. The average Bonchev–Trinajstić information content (AvgIpc) is 3.60. The summed E-state index contributed by atoms with van der Waals surface area (Å²) in [6, 6.07) is 8.41. The first-order valence-corrected chi connectivity index (χ1v) is 12.7. The fourth-order valence-corrected chi connectivity index (χ4v) is 5.06. The summed E-state index contributed by atoms with van der Waals surface area (Å²) in [6.45, 7) is 4.26. The lowest BCUT2D eigenvalue weighted by atomic mass is 9.87. The van der Waals surface area contributed by atoms with Crippen molar-refractivity contribution >= 4 is 5.91 Å². The number of imidazole rings is 1. The maximum Gasteiger partial charge on any atom is 0.435 e. The molecular weight excluding hydrogens is 523 g/mol. The third-order valence-corrected chi connectivity index (χ3v) is 7.10. The quantitative estimate of drug-likeness (QED) is 0.326. The molecule has 12 heteroatoms. The third kappa shape index (κ3) is 4.90. The van der Waals surface area contributed by atoms with E-state index in [-0.39, 0.29) is 30.4 Å². The molecule has 0 spiro atoms. The van der Waals surface area contributed by atoms with E-state index in [1.165, 1.54) is 17.1 Å². The molecule has 4 aromatic rings. The van der Waals surface area contributed by atoms with Crippen molar-refractivity contribution in [2.75, 3.05) is 13.7 Å². The SMILES string of the molecule is CCn1cc(-c2cc(Cn3ccnc3C#N)cc3c2CCN([C@@H](C)c2cc(OC)ccn2)C3=O)c(C(F)(F)F)n1. The topological polar surface area (TPSA) is 102 Å². The molecule has 9 nitrogen and oxygen atoms in total. The maximum atomic E-state index is 14.1. The average molecular weight is 550 g/mol. The standard InChI is InChI=1S/C28H26F3N7O2/c1-4-37-16-23(26(35-37)28(29,30)31)21-11-18(15-36-10-8-34-25(36)14-32)12-22-20(21)6-9-38(27(22)39)17(2)24-13-19(40-3)5-7-33-24/h5,7-8,10-13,16-17H,4,6,9,15H2,1-3H3/t17-/m0/s1. The molecule has 0 radical (unpaired) electrons. The van der Waals surface area contributed by atoms with Crippen LogP contribution in [0.1, 0.15) is 58.6 Å². The van der Waals surface area contributed by atoms with Crippen molar-refractivity contribution in [1.29, 1.82) is 5.26 Å². The lowest BCUT2D eigenvalue weighted by Crippen LogP contribution is -2.40. The summed E-state index contributed by atoms with van der Waals surface area (Å²) in [5.41, 5.74) is 1.25. The number of ether oxygens (including phenoxy) is 1. The number of rotatable bonds is 7. The minimum atomic E-state index is -4.69. The van der Waals surface area contributed by atoms with Crippen LogP contribution in [0.5, 0.6) is 5.75 Å². The van der Waals surface area contributed by atoms with Crippen molar-refractivity contribution < 1.29 is 22.7 Å². The second kappa shape index (κ2) is 10.5. The van der Waals surface area contributed by atoms with Gasteiger partial charge in [-0.1, -0.05) is 0 Å². The number of alkyl halides is 3. The van der Waals surface area contributed by atoms with Gasteiger partial charge in [-0.25, -0.2) is 4.98 Å². The van der Waals surface area contributed by atoms with Gasteiger partial charge in [0.15, 0.2) is 5.69 Å². The van der Waals surface area contributed by atoms with E-state index in [0.29, 0.717) is 46.7 Å².